The number of nitrogens with one attached hydrogen (secondary N) is 1. The van der Waals surface area contributed by atoms with Crippen molar-refractivity contribution in [3.63, 3.8) is 0 Å². The van der Waals surface area contributed by atoms with E-state index >= 15 is 0 Å². The minimum Gasteiger partial charge on any atom is -0.367 e. The molecule has 1 atom stereocenters. The van der Waals surface area contributed by atoms with Gasteiger partial charge in [-0.1, -0.05) is 13.8 Å². The Bertz CT molecular complexity index is 382. The molecule has 1 rings (SSSR count). The lowest BCUT2D eigenvalue weighted by atomic mass is 10.0. The van der Waals surface area contributed by atoms with Crippen molar-refractivity contribution in [3.8, 4) is 0 Å². The number of hydrogen-bond donors (Lipinski definition) is 1. The lowest BCUT2D eigenvalue weighted by Crippen LogP contribution is -2.34. The molecule has 1 unspecified atom stereocenters. The van der Waals surface area contributed by atoms with Crippen LogP contribution < -0.4 is 10.2 Å². The first-order valence-electron chi connectivity index (χ1n) is 6.23. The van der Waals surface area contributed by atoms with Gasteiger partial charge in [-0.3, -0.25) is 0 Å². The normalized spacial score (nSPS) is 12.9. The zero-order valence-corrected chi connectivity index (χ0v) is 11.7. The lowest BCUT2D eigenvalue weighted by molar-refractivity contribution is 0.485. The molecule has 1 aromatic carbocycles. The monoisotopic (exact) mass is 256 g/mol. The molecule has 0 fully saturated rings. The molecule has 102 valence electrons. The van der Waals surface area contributed by atoms with E-state index in [1.54, 1.807) is 19.0 Å². The largest absolute Gasteiger partial charge is 0.367 e. The maximum Gasteiger partial charge on any atom is 0.149 e. The smallest absolute Gasteiger partial charge is 0.149 e. The Morgan fingerprint density at radius 2 is 1.67 bits per heavy atom. The zero-order chi connectivity index (χ0) is 13.9. The zero-order valence-electron chi connectivity index (χ0n) is 11.7. The Morgan fingerprint density at radius 1 is 1.17 bits per heavy atom. The maximum absolute atomic E-state index is 14.0. The fraction of sp³-hybridized carbons (Fsp3) is 0.571. The Kier molecular flexibility index (Phi) is 5.08. The Labute approximate surface area is 108 Å². The first-order chi connectivity index (χ1) is 8.38. The molecule has 4 heteroatoms. The van der Waals surface area contributed by atoms with E-state index in [1.165, 1.54) is 12.1 Å². The van der Waals surface area contributed by atoms with Crippen LogP contribution in [-0.4, -0.2) is 20.1 Å². The molecule has 0 heterocycles. The second kappa shape index (κ2) is 6.14. The third-order valence-corrected chi connectivity index (χ3v) is 3.39. The minimum atomic E-state index is -0.504. The van der Waals surface area contributed by atoms with Crippen molar-refractivity contribution in [2.75, 3.05) is 19.0 Å². The summed E-state index contributed by atoms with van der Waals surface area (Å²) in [7, 11) is 3.47. The Balaban J connectivity index is 3.09. The topological polar surface area (TPSA) is 15.3 Å². The van der Waals surface area contributed by atoms with E-state index in [0.29, 0.717) is 18.0 Å². The van der Waals surface area contributed by atoms with Crippen molar-refractivity contribution in [1.29, 1.82) is 0 Å². The van der Waals surface area contributed by atoms with Crippen molar-refractivity contribution in [2.24, 2.45) is 5.92 Å². The number of halogens is 2. The summed E-state index contributed by atoms with van der Waals surface area (Å²) in [4.78, 5) is 1.67. The third kappa shape index (κ3) is 3.19. The summed E-state index contributed by atoms with van der Waals surface area (Å²) in [5.41, 5.74) is 0.665. The van der Waals surface area contributed by atoms with E-state index in [2.05, 4.69) is 5.32 Å². The number of benzene rings is 1. The number of hydrogen-bond acceptors (Lipinski definition) is 2. The van der Waals surface area contributed by atoms with Gasteiger partial charge in [0.2, 0.25) is 0 Å². The van der Waals surface area contributed by atoms with Gasteiger partial charge in [0.25, 0.3) is 0 Å². The first-order valence-corrected chi connectivity index (χ1v) is 6.23. The van der Waals surface area contributed by atoms with E-state index in [9.17, 15) is 8.78 Å². The van der Waals surface area contributed by atoms with E-state index < -0.39 is 11.6 Å². The van der Waals surface area contributed by atoms with Gasteiger partial charge in [0.1, 0.15) is 17.3 Å². The van der Waals surface area contributed by atoms with Gasteiger partial charge < -0.3 is 10.2 Å². The van der Waals surface area contributed by atoms with Crippen molar-refractivity contribution in [3.05, 3.63) is 29.3 Å². The molecular weight excluding hydrogens is 234 g/mol. The minimum absolute atomic E-state index is 0.0519. The van der Waals surface area contributed by atoms with Crippen LogP contribution >= 0.6 is 0 Å². The van der Waals surface area contributed by atoms with Gasteiger partial charge in [0.15, 0.2) is 0 Å². The predicted octanol–water partition coefficient (Wildman–Crippen LogP) is 3.16. The summed E-state index contributed by atoms with van der Waals surface area (Å²) in [6.45, 7) is 6.49. The highest BCUT2D eigenvalue weighted by atomic mass is 19.1. The summed E-state index contributed by atoms with van der Waals surface area (Å²) in [5, 5.41) is 2.88. The highest BCUT2D eigenvalue weighted by Crippen LogP contribution is 2.27. The third-order valence-electron chi connectivity index (χ3n) is 3.39. The lowest BCUT2D eigenvalue weighted by Gasteiger charge is -2.30. The molecule has 0 aromatic heterocycles. The standard InChI is InChI=1S/C14H22F2N2/c1-9(2)10(3)18(5)14-12(15)6-11(8-17-4)7-13(14)16/h6-7,9-10,17H,8H2,1-5H3. The highest BCUT2D eigenvalue weighted by Gasteiger charge is 2.21. The number of rotatable bonds is 5. The molecule has 0 bridgehead atoms. The van der Waals surface area contributed by atoms with E-state index in [0.717, 1.165) is 0 Å². The van der Waals surface area contributed by atoms with Gasteiger partial charge in [0, 0.05) is 19.6 Å². The predicted molar refractivity (Wildman–Crippen MR) is 71.8 cm³/mol. The summed E-state index contributed by atoms with van der Waals surface area (Å²) in [6, 6.07) is 2.85. The van der Waals surface area contributed by atoms with Crippen molar-refractivity contribution < 1.29 is 8.78 Å². The van der Waals surface area contributed by atoms with Crippen LogP contribution in [0.15, 0.2) is 12.1 Å². The van der Waals surface area contributed by atoms with Crippen LogP contribution in [0.2, 0.25) is 0 Å². The molecule has 1 N–H and O–H groups in total. The van der Waals surface area contributed by atoms with Crippen molar-refractivity contribution >= 4 is 5.69 Å². The summed E-state index contributed by atoms with van der Waals surface area (Å²) < 4.78 is 28.0. The van der Waals surface area contributed by atoms with Gasteiger partial charge in [-0.15, -0.1) is 0 Å². The molecule has 0 aliphatic rings. The number of anilines is 1. The SMILES string of the molecule is CNCc1cc(F)c(N(C)C(C)C(C)C)c(F)c1. The van der Waals surface area contributed by atoms with E-state index in [1.807, 2.05) is 20.8 Å². The van der Waals surface area contributed by atoms with Gasteiger partial charge in [-0.05, 0) is 37.6 Å². The fourth-order valence-corrected chi connectivity index (χ4v) is 1.91. The Morgan fingerprint density at radius 3 is 2.06 bits per heavy atom. The maximum atomic E-state index is 14.0. The van der Waals surface area contributed by atoms with Gasteiger partial charge in [-0.25, -0.2) is 8.78 Å². The Hall–Kier alpha value is -1.16. The number of nitrogens with zero attached hydrogens (tertiary/aromatic N) is 1. The highest BCUT2D eigenvalue weighted by molar-refractivity contribution is 5.51. The molecule has 0 aliphatic carbocycles. The molecule has 0 saturated carbocycles. The van der Waals surface area contributed by atoms with Crippen LogP contribution in [0.3, 0.4) is 0 Å². The second-order valence-electron chi connectivity index (χ2n) is 5.03. The molecule has 0 aliphatic heterocycles. The van der Waals surface area contributed by atoms with Gasteiger partial charge in [0.05, 0.1) is 0 Å². The molecule has 1 aromatic rings. The molecule has 18 heavy (non-hydrogen) atoms. The van der Waals surface area contributed by atoms with Crippen LogP contribution in [0, 0.1) is 17.6 Å². The molecule has 0 saturated heterocycles. The fourth-order valence-electron chi connectivity index (χ4n) is 1.91. The van der Waals surface area contributed by atoms with Crippen LogP contribution in [0.25, 0.3) is 0 Å². The van der Waals surface area contributed by atoms with Gasteiger partial charge >= 0.3 is 0 Å². The summed E-state index contributed by atoms with van der Waals surface area (Å²) in [5.74, 6) is -0.684. The van der Waals surface area contributed by atoms with Crippen molar-refractivity contribution in [1.82, 2.24) is 5.32 Å². The molecule has 0 spiro atoms. The molecule has 0 radical (unpaired) electrons. The summed E-state index contributed by atoms with van der Waals surface area (Å²) in [6.07, 6.45) is 0. The van der Waals surface area contributed by atoms with Crippen LogP contribution in [-0.2, 0) is 6.54 Å². The quantitative estimate of drug-likeness (QED) is 0.870. The first kappa shape index (κ1) is 14.9. The second-order valence-corrected chi connectivity index (χ2v) is 5.03. The van der Waals surface area contributed by atoms with Crippen LogP contribution in [0.1, 0.15) is 26.3 Å². The van der Waals surface area contributed by atoms with Crippen LogP contribution in [0.5, 0.6) is 0 Å². The average Bonchev–Trinajstić information content (AvgIpc) is 2.27. The van der Waals surface area contributed by atoms with E-state index in [4.69, 9.17) is 0 Å². The van der Waals surface area contributed by atoms with Crippen molar-refractivity contribution in [2.45, 2.75) is 33.4 Å². The van der Waals surface area contributed by atoms with Crippen LogP contribution in [0.4, 0.5) is 14.5 Å². The average molecular weight is 256 g/mol. The van der Waals surface area contributed by atoms with E-state index in [-0.39, 0.29) is 11.7 Å². The van der Waals surface area contributed by atoms with Gasteiger partial charge in [-0.2, -0.15) is 0 Å². The molecular formula is C14H22F2N2. The molecule has 0 amide bonds. The summed E-state index contributed by atoms with van der Waals surface area (Å²) >= 11 is 0. The molecule has 2 nitrogen and oxygen atoms in total.